The standard InChI is InChI=1S/C16H23N3O3.ClH/c1-16(2,3)14(17)15-18-13(19-22-15)9-10-6-7-11(20-4)12(8-10)21-5;/h6-8,14H,9,17H2,1-5H3;1H/t14-;/m1./s1. The molecule has 6 nitrogen and oxygen atoms in total. The average molecular weight is 342 g/mol. The monoisotopic (exact) mass is 341 g/mol. The van der Waals surface area contributed by atoms with Gasteiger partial charge in [0.2, 0.25) is 5.89 Å². The van der Waals surface area contributed by atoms with E-state index in [9.17, 15) is 0 Å². The second-order valence-electron chi connectivity index (χ2n) is 6.26. The molecular weight excluding hydrogens is 318 g/mol. The zero-order valence-electron chi connectivity index (χ0n) is 14.1. The Morgan fingerprint density at radius 3 is 2.39 bits per heavy atom. The van der Waals surface area contributed by atoms with Crippen LogP contribution >= 0.6 is 12.4 Å². The van der Waals surface area contributed by atoms with Gasteiger partial charge in [0.25, 0.3) is 0 Å². The van der Waals surface area contributed by atoms with Crippen LogP contribution in [-0.2, 0) is 6.42 Å². The molecule has 1 heterocycles. The van der Waals surface area contributed by atoms with Gasteiger partial charge in [0.1, 0.15) is 0 Å². The Labute approximate surface area is 142 Å². The molecule has 0 unspecified atom stereocenters. The van der Waals surface area contributed by atoms with Crippen molar-refractivity contribution in [1.29, 1.82) is 0 Å². The van der Waals surface area contributed by atoms with Crippen LogP contribution in [0, 0.1) is 5.41 Å². The third kappa shape index (κ3) is 4.59. The molecule has 0 saturated heterocycles. The Bertz CT molecular complexity index is 638. The molecule has 2 aromatic rings. The Kier molecular flexibility index (Phi) is 6.41. The van der Waals surface area contributed by atoms with Gasteiger partial charge < -0.3 is 19.7 Å². The second-order valence-corrected chi connectivity index (χ2v) is 6.26. The highest BCUT2D eigenvalue weighted by molar-refractivity contribution is 5.85. The molecule has 23 heavy (non-hydrogen) atoms. The summed E-state index contributed by atoms with van der Waals surface area (Å²) in [6.07, 6.45) is 0.542. The lowest BCUT2D eigenvalue weighted by Gasteiger charge is -2.23. The predicted octanol–water partition coefficient (Wildman–Crippen LogP) is 3.15. The van der Waals surface area contributed by atoms with Crippen LogP contribution in [0.3, 0.4) is 0 Å². The van der Waals surface area contributed by atoms with Gasteiger partial charge in [-0.1, -0.05) is 32.0 Å². The Balaban J connectivity index is 0.00000264. The van der Waals surface area contributed by atoms with E-state index in [1.807, 2.05) is 39.0 Å². The molecule has 1 aromatic carbocycles. The summed E-state index contributed by atoms with van der Waals surface area (Å²) in [7, 11) is 3.22. The van der Waals surface area contributed by atoms with Crippen LogP contribution in [0.1, 0.15) is 44.1 Å². The van der Waals surface area contributed by atoms with Gasteiger partial charge in [0, 0.05) is 6.42 Å². The van der Waals surface area contributed by atoms with Crippen LogP contribution in [0.2, 0.25) is 0 Å². The molecule has 0 radical (unpaired) electrons. The Morgan fingerprint density at radius 1 is 1.17 bits per heavy atom. The minimum Gasteiger partial charge on any atom is -0.493 e. The van der Waals surface area contributed by atoms with Gasteiger partial charge in [-0.2, -0.15) is 4.98 Å². The van der Waals surface area contributed by atoms with E-state index in [0.717, 1.165) is 5.56 Å². The Hall–Kier alpha value is -1.79. The molecule has 0 spiro atoms. The van der Waals surface area contributed by atoms with Crippen molar-refractivity contribution in [3.05, 3.63) is 35.5 Å². The van der Waals surface area contributed by atoms with Crippen molar-refractivity contribution in [2.75, 3.05) is 14.2 Å². The maximum absolute atomic E-state index is 6.13. The summed E-state index contributed by atoms with van der Waals surface area (Å²) in [6.45, 7) is 6.11. The highest BCUT2D eigenvalue weighted by Gasteiger charge is 2.27. The third-order valence-electron chi connectivity index (χ3n) is 3.49. The van der Waals surface area contributed by atoms with E-state index in [1.165, 1.54) is 0 Å². The van der Waals surface area contributed by atoms with Gasteiger partial charge in [-0.15, -0.1) is 12.4 Å². The fourth-order valence-corrected chi connectivity index (χ4v) is 2.01. The first-order valence-electron chi connectivity index (χ1n) is 7.14. The maximum atomic E-state index is 6.13. The van der Waals surface area contributed by atoms with Gasteiger partial charge in [-0.3, -0.25) is 0 Å². The summed E-state index contributed by atoms with van der Waals surface area (Å²) in [6, 6.07) is 5.41. The number of ether oxygens (including phenoxy) is 2. The van der Waals surface area contributed by atoms with E-state index < -0.39 is 0 Å². The zero-order chi connectivity index (χ0) is 16.3. The van der Waals surface area contributed by atoms with Gasteiger partial charge in [0.15, 0.2) is 17.3 Å². The van der Waals surface area contributed by atoms with Crippen LogP contribution in [-0.4, -0.2) is 24.4 Å². The molecule has 1 aromatic heterocycles. The van der Waals surface area contributed by atoms with Gasteiger partial charge in [0.05, 0.1) is 20.3 Å². The molecule has 0 bridgehead atoms. The number of nitrogens with two attached hydrogens (primary N) is 1. The highest BCUT2D eigenvalue weighted by atomic mass is 35.5. The number of benzene rings is 1. The molecule has 7 heteroatoms. The second kappa shape index (κ2) is 7.66. The number of methoxy groups -OCH3 is 2. The maximum Gasteiger partial charge on any atom is 0.244 e. The minimum atomic E-state index is -0.292. The van der Waals surface area contributed by atoms with Crippen LogP contribution in [0.25, 0.3) is 0 Å². The van der Waals surface area contributed by atoms with Crippen molar-refractivity contribution in [2.24, 2.45) is 11.1 Å². The van der Waals surface area contributed by atoms with E-state index in [-0.39, 0.29) is 23.9 Å². The molecular formula is C16H24ClN3O3. The van der Waals surface area contributed by atoms with Crippen molar-refractivity contribution in [2.45, 2.75) is 33.2 Å². The first kappa shape index (κ1) is 19.3. The summed E-state index contributed by atoms with van der Waals surface area (Å²) in [4.78, 5) is 4.40. The van der Waals surface area contributed by atoms with E-state index >= 15 is 0 Å². The first-order valence-corrected chi connectivity index (χ1v) is 7.14. The SMILES string of the molecule is COc1ccc(Cc2noc([C@@H](N)C(C)(C)C)n2)cc1OC.Cl. The van der Waals surface area contributed by atoms with Crippen molar-refractivity contribution < 1.29 is 14.0 Å². The Morgan fingerprint density at radius 2 is 1.83 bits per heavy atom. The number of hydrogen-bond donors (Lipinski definition) is 1. The van der Waals surface area contributed by atoms with Gasteiger partial charge in [-0.25, -0.2) is 0 Å². The van der Waals surface area contributed by atoms with Crippen LogP contribution in [0.4, 0.5) is 0 Å². The lowest BCUT2D eigenvalue weighted by atomic mass is 9.87. The minimum absolute atomic E-state index is 0. The molecule has 0 aliphatic heterocycles. The summed E-state index contributed by atoms with van der Waals surface area (Å²) in [5.74, 6) is 2.43. The van der Waals surface area contributed by atoms with Crippen molar-refractivity contribution >= 4 is 12.4 Å². The quantitative estimate of drug-likeness (QED) is 0.899. The third-order valence-corrected chi connectivity index (χ3v) is 3.49. The smallest absolute Gasteiger partial charge is 0.244 e. The summed E-state index contributed by atoms with van der Waals surface area (Å²) in [5.41, 5.74) is 7.01. The van der Waals surface area contributed by atoms with E-state index in [0.29, 0.717) is 29.6 Å². The number of nitrogens with zero attached hydrogens (tertiary/aromatic N) is 2. The molecule has 0 amide bonds. The average Bonchev–Trinajstić information content (AvgIpc) is 2.93. The van der Waals surface area contributed by atoms with Crippen molar-refractivity contribution in [3.63, 3.8) is 0 Å². The zero-order valence-corrected chi connectivity index (χ0v) is 14.9. The first-order chi connectivity index (χ1) is 10.3. The summed E-state index contributed by atoms with van der Waals surface area (Å²) >= 11 is 0. The predicted molar refractivity (Wildman–Crippen MR) is 90.3 cm³/mol. The lowest BCUT2D eigenvalue weighted by Crippen LogP contribution is -2.26. The molecule has 128 valence electrons. The number of hydrogen-bond acceptors (Lipinski definition) is 6. The molecule has 0 saturated carbocycles. The van der Waals surface area contributed by atoms with Crippen molar-refractivity contribution in [1.82, 2.24) is 10.1 Å². The molecule has 0 fully saturated rings. The normalized spacial score (nSPS) is 12.4. The van der Waals surface area contributed by atoms with Crippen LogP contribution < -0.4 is 15.2 Å². The van der Waals surface area contributed by atoms with E-state index in [1.54, 1.807) is 14.2 Å². The number of halogens is 1. The van der Waals surface area contributed by atoms with Crippen LogP contribution in [0.5, 0.6) is 11.5 Å². The van der Waals surface area contributed by atoms with E-state index in [4.69, 9.17) is 19.7 Å². The number of rotatable bonds is 5. The van der Waals surface area contributed by atoms with Gasteiger partial charge >= 0.3 is 0 Å². The van der Waals surface area contributed by atoms with Crippen molar-refractivity contribution in [3.8, 4) is 11.5 Å². The topological polar surface area (TPSA) is 83.4 Å². The van der Waals surface area contributed by atoms with E-state index in [2.05, 4.69) is 10.1 Å². The molecule has 0 aliphatic rings. The summed E-state index contributed by atoms with van der Waals surface area (Å²) < 4.78 is 15.8. The largest absolute Gasteiger partial charge is 0.493 e. The molecule has 2 N–H and O–H groups in total. The molecule has 2 rings (SSSR count). The lowest BCUT2D eigenvalue weighted by molar-refractivity contribution is 0.252. The summed E-state index contributed by atoms with van der Waals surface area (Å²) in [5, 5.41) is 4.01. The number of aromatic nitrogens is 2. The van der Waals surface area contributed by atoms with Gasteiger partial charge in [-0.05, 0) is 23.1 Å². The van der Waals surface area contributed by atoms with Crippen LogP contribution in [0.15, 0.2) is 22.7 Å². The fourth-order valence-electron chi connectivity index (χ4n) is 2.01. The fraction of sp³-hybridized carbons (Fsp3) is 0.500. The molecule has 0 aliphatic carbocycles. The highest BCUT2D eigenvalue weighted by Crippen LogP contribution is 2.30. The molecule has 1 atom stereocenters.